The van der Waals surface area contributed by atoms with Crippen LogP contribution < -0.4 is 0 Å². The molecule has 0 N–H and O–H groups in total. The number of hydrogen-bond acceptors (Lipinski definition) is 0. The Morgan fingerprint density at radius 3 is 1.50 bits per heavy atom. The van der Waals surface area contributed by atoms with Crippen molar-refractivity contribution >= 4 is 0 Å². The summed E-state index contributed by atoms with van der Waals surface area (Å²) in [7, 11) is 0. The maximum Gasteiger partial charge on any atom is 0.136 e. The molecular formula is C7H15F3. The van der Waals surface area contributed by atoms with Crippen molar-refractivity contribution in [3.8, 4) is 0 Å². The van der Waals surface area contributed by atoms with Crippen molar-refractivity contribution in [1.82, 2.24) is 0 Å². The van der Waals surface area contributed by atoms with Crippen LogP contribution in [-0.4, -0.2) is 19.0 Å². The van der Waals surface area contributed by atoms with E-state index in [0.29, 0.717) is 0 Å². The zero-order valence-electron chi connectivity index (χ0n) is 6.76. The quantitative estimate of drug-likeness (QED) is 0.576. The number of halogens is 3. The Labute approximate surface area is 60.4 Å². The summed E-state index contributed by atoms with van der Waals surface area (Å²) in [6, 6.07) is 0. The van der Waals surface area contributed by atoms with Gasteiger partial charge in [-0.15, -0.1) is 0 Å². The molecule has 1 atom stereocenters. The maximum absolute atomic E-state index is 12.2. The second-order valence-electron chi connectivity index (χ2n) is 2.17. The van der Waals surface area contributed by atoms with Gasteiger partial charge >= 0.3 is 0 Å². The molecule has 3 heteroatoms. The molecule has 10 heavy (non-hydrogen) atoms. The predicted molar refractivity (Wildman–Crippen MR) is 37.4 cm³/mol. The molecule has 0 aromatic heterocycles. The molecule has 0 rings (SSSR count). The monoisotopic (exact) mass is 156 g/mol. The van der Waals surface area contributed by atoms with Gasteiger partial charge in [0.25, 0.3) is 0 Å². The summed E-state index contributed by atoms with van der Waals surface area (Å²) in [6.07, 6.45) is 0.253. The SMILES string of the molecule is CCC(C)(F)CF.CCF. The van der Waals surface area contributed by atoms with Crippen molar-refractivity contribution in [1.29, 1.82) is 0 Å². The molecule has 0 nitrogen and oxygen atoms in total. The minimum Gasteiger partial charge on any atom is -0.251 e. The first-order valence-corrected chi connectivity index (χ1v) is 3.34. The Kier molecular flexibility index (Phi) is 8.61. The van der Waals surface area contributed by atoms with E-state index in [1.54, 1.807) is 6.92 Å². The molecule has 0 aliphatic carbocycles. The van der Waals surface area contributed by atoms with Crippen molar-refractivity contribution in [3.05, 3.63) is 0 Å². The van der Waals surface area contributed by atoms with Gasteiger partial charge in [-0.1, -0.05) is 6.92 Å². The van der Waals surface area contributed by atoms with E-state index in [4.69, 9.17) is 0 Å². The molecule has 0 aliphatic rings. The highest BCUT2D eigenvalue weighted by Gasteiger charge is 2.18. The van der Waals surface area contributed by atoms with Gasteiger partial charge in [0.1, 0.15) is 12.3 Å². The summed E-state index contributed by atoms with van der Waals surface area (Å²) in [6.45, 7) is 3.22. The Bertz CT molecular complexity index is 55.9. The lowest BCUT2D eigenvalue weighted by atomic mass is 10.1. The molecule has 0 amide bonds. The highest BCUT2D eigenvalue weighted by atomic mass is 19.2. The highest BCUT2D eigenvalue weighted by molar-refractivity contribution is 4.67. The van der Waals surface area contributed by atoms with E-state index in [2.05, 4.69) is 0 Å². The zero-order chi connectivity index (χ0) is 8.62. The normalized spacial score (nSPS) is 15.0. The number of hydrogen-bond donors (Lipinski definition) is 0. The van der Waals surface area contributed by atoms with Crippen LogP contribution >= 0.6 is 0 Å². The average Bonchev–Trinajstić information content (AvgIpc) is 1.90. The van der Waals surface area contributed by atoms with Crippen molar-refractivity contribution in [2.45, 2.75) is 32.9 Å². The van der Waals surface area contributed by atoms with Crippen LogP contribution in [0.3, 0.4) is 0 Å². The van der Waals surface area contributed by atoms with Gasteiger partial charge < -0.3 is 0 Å². The lowest BCUT2D eigenvalue weighted by molar-refractivity contribution is 0.137. The molecule has 0 aromatic carbocycles. The van der Waals surface area contributed by atoms with E-state index in [-0.39, 0.29) is 13.1 Å². The van der Waals surface area contributed by atoms with Crippen LogP contribution in [0, 0.1) is 0 Å². The first kappa shape index (κ1) is 12.5. The Morgan fingerprint density at radius 1 is 1.20 bits per heavy atom. The van der Waals surface area contributed by atoms with Crippen LogP contribution in [0.5, 0.6) is 0 Å². The van der Waals surface area contributed by atoms with Gasteiger partial charge in [-0.05, 0) is 20.3 Å². The van der Waals surface area contributed by atoms with E-state index in [0.717, 1.165) is 0 Å². The third-order valence-electron chi connectivity index (χ3n) is 1.02. The van der Waals surface area contributed by atoms with Gasteiger partial charge in [0.2, 0.25) is 0 Å². The summed E-state index contributed by atoms with van der Waals surface area (Å²) in [5.74, 6) is 0. The lowest BCUT2D eigenvalue weighted by Gasteiger charge is -2.10. The molecular weight excluding hydrogens is 141 g/mol. The molecule has 0 radical (unpaired) electrons. The van der Waals surface area contributed by atoms with Gasteiger partial charge in [0.15, 0.2) is 0 Å². The van der Waals surface area contributed by atoms with Gasteiger partial charge in [-0.3, -0.25) is 4.39 Å². The predicted octanol–water partition coefficient (Wildman–Crippen LogP) is 3.07. The zero-order valence-corrected chi connectivity index (χ0v) is 6.76. The lowest BCUT2D eigenvalue weighted by Crippen LogP contribution is -2.18. The summed E-state index contributed by atoms with van der Waals surface area (Å²) in [4.78, 5) is 0. The fraction of sp³-hybridized carbons (Fsp3) is 1.00. The van der Waals surface area contributed by atoms with Crippen LogP contribution in [0.1, 0.15) is 27.2 Å². The molecule has 0 heterocycles. The molecule has 0 bridgehead atoms. The molecule has 0 saturated heterocycles. The standard InChI is InChI=1S/C5H10F2.C2H5F/c1-3-5(2,7)4-6;1-2-3/h3-4H2,1-2H3;2H2,1H3. The van der Waals surface area contributed by atoms with E-state index in [1.165, 1.54) is 13.8 Å². The third-order valence-corrected chi connectivity index (χ3v) is 1.02. The Morgan fingerprint density at radius 2 is 1.50 bits per heavy atom. The van der Waals surface area contributed by atoms with Crippen LogP contribution in [0.4, 0.5) is 13.2 Å². The molecule has 64 valence electrons. The van der Waals surface area contributed by atoms with E-state index >= 15 is 0 Å². The summed E-state index contributed by atoms with van der Waals surface area (Å²) in [5, 5.41) is 0. The molecule has 0 fully saturated rings. The summed E-state index contributed by atoms with van der Waals surface area (Å²) < 4.78 is 33.9. The minimum absolute atomic E-state index is 0.250. The van der Waals surface area contributed by atoms with Gasteiger partial charge in [-0.25, -0.2) is 8.78 Å². The third kappa shape index (κ3) is 10.7. The van der Waals surface area contributed by atoms with Crippen LogP contribution in [0.2, 0.25) is 0 Å². The van der Waals surface area contributed by atoms with Crippen molar-refractivity contribution in [3.63, 3.8) is 0 Å². The fourth-order valence-electron chi connectivity index (χ4n) is 0.0945. The molecule has 1 unspecified atom stereocenters. The summed E-state index contributed by atoms with van der Waals surface area (Å²) in [5.41, 5.74) is -1.58. The van der Waals surface area contributed by atoms with Crippen molar-refractivity contribution in [2.75, 3.05) is 13.3 Å². The van der Waals surface area contributed by atoms with E-state index < -0.39 is 12.3 Å². The first-order chi connectivity index (χ1) is 4.54. The van der Waals surface area contributed by atoms with Crippen molar-refractivity contribution < 1.29 is 13.2 Å². The largest absolute Gasteiger partial charge is 0.251 e. The highest BCUT2D eigenvalue weighted by Crippen LogP contribution is 2.13. The number of alkyl halides is 3. The fourth-order valence-corrected chi connectivity index (χ4v) is 0.0945. The second kappa shape index (κ2) is 6.90. The van der Waals surface area contributed by atoms with Gasteiger partial charge in [0.05, 0.1) is 6.67 Å². The minimum atomic E-state index is -1.58. The van der Waals surface area contributed by atoms with E-state index in [1.807, 2.05) is 0 Å². The average molecular weight is 156 g/mol. The van der Waals surface area contributed by atoms with Crippen molar-refractivity contribution in [2.24, 2.45) is 0 Å². The molecule has 0 spiro atoms. The van der Waals surface area contributed by atoms with Crippen LogP contribution in [-0.2, 0) is 0 Å². The molecule has 0 saturated carbocycles. The Balaban J connectivity index is 0. The Hall–Kier alpha value is -0.210. The summed E-state index contributed by atoms with van der Waals surface area (Å²) >= 11 is 0. The maximum atomic E-state index is 12.2. The van der Waals surface area contributed by atoms with Gasteiger partial charge in [-0.2, -0.15) is 0 Å². The second-order valence-corrected chi connectivity index (χ2v) is 2.17. The van der Waals surface area contributed by atoms with Gasteiger partial charge in [0, 0.05) is 0 Å². The smallest absolute Gasteiger partial charge is 0.136 e. The topological polar surface area (TPSA) is 0 Å². The molecule has 0 aliphatic heterocycles. The molecule has 0 aromatic rings. The van der Waals surface area contributed by atoms with Crippen LogP contribution in [0.15, 0.2) is 0 Å². The number of rotatable bonds is 2. The van der Waals surface area contributed by atoms with E-state index in [9.17, 15) is 13.2 Å². The van der Waals surface area contributed by atoms with Crippen LogP contribution in [0.25, 0.3) is 0 Å². The first-order valence-electron chi connectivity index (χ1n) is 3.34.